The Morgan fingerprint density at radius 1 is 1.28 bits per heavy atom. The van der Waals surface area contributed by atoms with Crippen molar-refractivity contribution in [3.63, 3.8) is 0 Å². The molecular weight excluding hydrogens is 244 g/mol. The Kier molecular flexibility index (Phi) is 4.76. The quantitative estimate of drug-likeness (QED) is 0.847. The summed E-state index contributed by atoms with van der Waals surface area (Å²) in [5.41, 5.74) is -0.170. The highest BCUT2D eigenvalue weighted by molar-refractivity contribution is 5.94. The Labute approximate surface area is 103 Å². The summed E-state index contributed by atoms with van der Waals surface area (Å²) in [6.45, 7) is 1.71. The summed E-state index contributed by atoms with van der Waals surface area (Å²) in [6, 6.07) is 1.88. The summed E-state index contributed by atoms with van der Waals surface area (Å²) in [5.74, 6) is -3.45. The molecule has 0 aliphatic heterocycles. The van der Waals surface area contributed by atoms with Crippen LogP contribution in [0.1, 0.15) is 30.1 Å². The van der Waals surface area contributed by atoms with E-state index in [0.717, 1.165) is 12.1 Å². The molecule has 1 aromatic rings. The molecule has 0 spiro atoms. The molecule has 0 saturated carbocycles. The molecule has 0 fully saturated rings. The van der Waals surface area contributed by atoms with Crippen molar-refractivity contribution < 1.29 is 23.5 Å². The topological polar surface area (TPSA) is 66.4 Å². The molecule has 1 atom stereocenters. The van der Waals surface area contributed by atoms with Gasteiger partial charge in [0.2, 0.25) is 0 Å². The van der Waals surface area contributed by atoms with Crippen LogP contribution < -0.4 is 5.32 Å². The normalized spacial score (nSPS) is 11.9. The van der Waals surface area contributed by atoms with Gasteiger partial charge in [-0.2, -0.15) is 0 Å². The van der Waals surface area contributed by atoms with Gasteiger partial charge >= 0.3 is 5.97 Å². The monoisotopic (exact) mass is 257 g/mol. The number of hydrogen-bond acceptors (Lipinski definition) is 2. The van der Waals surface area contributed by atoms with Gasteiger partial charge in [0.15, 0.2) is 0 Å². The second-order valence-electron chi connectivity index (χ2n) is 3.83. The lowest BCUT2D eigenvalue weighted by Gasteiger charge is -2.14. The number of halogens is 2. The van der Waals surface area contributed by atoms with Crippen molar-refractivity contribution in [1.82, 2.24) is 5.32 Å². The van der Waals surface area contributed by atoms with Gasteiger partial charge in [0, 0.05) is 17.7 Å². The van der Waals surface area contributed by atoms with E-state index in [-0.39, 0.29) is 12.0 Å². The fourth-order valence-corrected chi connectivity index (χ4v) is 1.46. The molecule has 1 rings (SSSR count). The van der Waals surface area contributed by atoms with Crippen LogP contribution in [0.2, 0.25) is 0 Å². The molecule has 0 bridgehead atoms. The van der Waals surface area contributed by atoms with Crippen molar-refractivity contribution >= 4 is 11.9 Å². The summed E-state index contributed by atoms with van der Waals surface area (Å²) in [7, 11) is 0. The summed E-state index contributed by atoms with van der Waals surface area (Å²) >= 11 is 0. The number of carbonyl (C=O) groups excluding carboxylic acids is 1. The number of amides is 1. The van der Waals surface area contributed by atoms with Gasteiger partial charge in [-0.05, 0) is 18.6 Å². The van der Waals surface area contributed by atoms with Crippen molar-refractivity contribution in [1.29, 1.82) is 0 Å². The number of carboxylic acids is 1. The maximum Gasteiger partial charge on any atom is 0.305 e. The van der Waals surface area contributed by atoms with Gasteiger partial charge in [-0.15, -0.1) is 0 Å². The average molecular weight is 257 g/mol. The Morgan fingerprint density at radius 2 is 1.83 bits per heavy atom. The van der Waals surface area contributed by atoms with Crippen LogP contribution in [0.15, 0.2) is 18.2 Å². The first-order chi connectivity index (χ1) is 8.42. The zero-order chi connectivity index (χ0) is 13.7. The predicted octanol–water partition coefficient (Wildman–Crippen LogP) is 1.95. The molecule has 98 valence electrons. The number of benzene rings is 1. The summed E-state index contributed by atoms with van der Waals surface area (Å²) in [5, 5.41) is 11.0. The Balaban J connectivity index is 2.77. The van der Waals surface area contributed by atoms with E-state index in [0.29, 0.717) is 12.5 Å². The molecule has 2 N–H and O–H groups in total. The highest BCUT2D eigenvalue weighted by atomic mass is 19.1. The van der Waals surface area contributed by atoms with Crippen molar-refractivity contribution in [3.05, 3.63) is 35.4 Å². The third kappa shape index (κ3) is 4.12. The van der Waals surface area contributed by atoms with E-state index in [4.69, 9.17) is 5.11 Å². The van der Waals surface area contributed by atoms with E-state index >= 15 is 0 Å². The third-order valence-electron chi connectivity index (χ3n) is 2.37. The molecular formula is C12H13F2NO3. The number of carbonyl (C=O) groups is 2. The first kappa shape index (κ1) is 14.1. The van der Waals surface area contributed by atoms with Gasteiger partial charge in [0.1, 0.15) is 11.6 Å². The van der Waals surface area contributed by atoms with E-state index in [1.807, 2.05) is 0 Å². The molecule has 1 unspecified atom stereocenters. The third-order valence-corrected chi connectivity index (χ3v) is 2.37. The zero-order valence-electron chi connectivity index (χ0n) is 9.74. The molecule has 0 heterocycles. The van der Waals surface area contributed by atoms with Crippen LogP contribution in [-0.2, 0) is 4.79 Å². The first-order valence-corrected chi connectivity index (χ1v) is 5.41. The minimum Gasteiger partial charge on any atom is -0.481 e. The van der Waals surface area contributed by atoms with Gasteiger partial charge < -0.3 is 10.4 Å². The number of hydrogen-bond donors (Lipinski definition) is 2. The van der Waals surface area contributed by atoms with E-state index in [9.17, 15) is 18.4 Å². The molecule has 0 aliphatic carbocycles. The van der Waals surface area contributed by atoms with Crippen molar-refractivity contribution in [2.24, 2.45) is 0 Å². The Hall–Kier alpha value is -1.98. The summed E-state index contributed by atoms with van der Waals surface area (Å²) in [4.78, 5) is 22.2. The first-order valence-electron chi connectivity index (χ1n) is 5.41. The summed E-state index contributed by atoms with van der Waals surface area (Å²) in [6.07, 6.45) is 0.176. The molecule has 1 amide bonds. The van der Waals surface area contributed by atoms with Gasteiger partial charge in [0.05, 0.1) is 6.42 Å². The van der Waals surface area contributed by atoms with E-state index < -0.39 is 29.6 Å². The zero-order valence-corrected chi connectivity index (χ0v) is 9.74. The largest absolute Gasteiger partial charge is 0.481 e. The molecule has 4 nitrogen and oxygen atoms in total. The Morgan fingerprint density at radius 3 is 2.28 bits per heavy atom. The smallest absolute Gasteiger partial charge is 0.305 e. The van der Waals surface area contributed by atoms with E-state index in [2.05, 4.69) is 5.32 Å². The fraction of sp³-hybridized carbons (Fsp3) is 0.333. The van der Waals surface area contributed by atoms with Crippen molar-refractivity contribution in [2.75, 3.05) is 0 Å². The number of carboxylic acid groups (broad SMARTS) is 1. The van der Waals surface area contributed by atoms with Crippen LogP contribution in [0.4, 0.5) is 8.78 Å². The molecule has 18 heavy (non-hydrogen) atoms. The summed E-state index contributed by atoms with van der Waals surface area (Å²) < 4.78 is 25.8. The van der Waals surface area contributed by atoms with Crippen molar-refractivity contribution in [2.45, 2.75) is 25.8 Å². The van der Waals surface area contributed by atoms with Crippen molar-refractivity contribution in [3.8, 4) is 0 Å². The lowest BCUT2D eigenvalue weighted by atomic mass is 10.1. The highest BCUT2D eigenvalue weighted by Crippen LogP contribution is 2.09. The molecule has 0 aromatic heterocycles. The number of nitrogens with one attached hydrogen (secondary N) is 1. The van der Waals surface area contributed by atoms with E-state index in [1.54, 1.807) is 6.92 Å². The lowest BCUT2D eigenvalue weighted by molar-refractivity contribution is -0.137. The van der Waals surface area contributed by atoms with Crippen LogP contribution >= 0.6 is 0 Å². The molecule has 1 aromatic carbocycles. The second-order valence-corrected chi connectivity index (χ2v) is 3.83. The standard InChI is InChI=1S/C12H13F2NO3/c1-2-10(6-11(16)17)15-12(18)7-3-8(13)5-9(14)4-7/h3-5,10H,2,6H2,1H3,(H,15,18)(H,16,17). The number of rotatable bonds is 5. The molecule has 0 aliphatic rings. The maximum absolute atomic E-state index is 12.9. The predicted molar refractivity (Wildman–Crippen MR) is 60.2 cm³/mol. The van der Waals surface area contributed by atoms with Crippen LogP contribution in [0.5, 0.6) is 0 Å². The van der Waals surface area contributed by atoms with E-state index in [1.165, 1.54) is 0 Å². The van der Waals surface area contributed by atoms with Gasteiger partial charge in [-0.1, -0.05) is 6.92 Å². The molecule has 0 saturated heterocycles. The molecule has 6 heteroatoms. The van der Waals surface area contributed by atoms with Crippen LogP contribution in [0, 0.1) is 11.6 Å². The molecule has 0 radical (unpaired) electrons. The maximum atomic E-state index is 12.9. The van der Waals surface area contributed by atoms with Gasteiger partial charge in [0.25, 0.3) is 5.91 Å². The average Bonchev–Trinajstić information content (AvgIpc) is 2.26. The second kappa shape index (κ2) is 6.09. The fourth-order valence-electron chi connectivity index (χ4n) is 1.46. The Bertz CT molecular complexity index is 442. The minimum absolute atomic E-state index is 0.170. The number of aliphatic carboxylic acids is 1. The minimum atomic E-state index is -1.05. The lowest BCUT2D eigenvalue weighted by Crippen LogP contribution is -2.36. The van der Waals surface area contributed by atoms with Crippen LogP contribution in [-0.4, -0.2) is 23.0 Å². The van der Waals surface area contributed by atoms with Crippen LogP contribution in [0.25, 0.3) is 0 Å². The highest BCUT2D eigenvalue weighted by Gasteiger charge is 2.16. The van der Waals surface area contributed by atoms with Gasteiger partial charge in [-0.3, -0.25) is 9.59 Å². The SMILES string of the molecule is CCC(CC(=O)O)NC(=O)c1cc(F)cc(F)c1. The van der Waals surface area contributed by atoms with Crippen LogP contribution in [0.3, 0.4) is 0 Å². The van der Waals surface area contributed by atoms with Gasteiger partial charge in [-0.25, -0.2) is 8.78 Å².